The van der Waals surface area contributed by atoms with Crippen molar-refractivity contribution in [2.45, 2.75) is 6.54 Å². The zero-order valence-corrected chi connectivity index (χ0v) is 17.0. The molecule has 0 bridgehead atoms. The van der Waals surface area contributed by atoms with E-state index in [2.05, 4.69) is 31.1 Å². The lowest BCUT2D eigenvalue weighted by Gasteiger charge is -2.36. The van der Waals surface area contributed by atoms with E-state index in [0.717, 1.165) is 34.8 Å². The first kappa shape index (κ1) is 19.3. The normalized spacial score (nSPS) is 15.0. The minimum absolute atomic E-state index is 0.0642. The van der Waals surface area contributed by atoms with Gasteiger partial charge >= 0.3 is 0 Å². The smallest absolute Gasteiger partial charge is 0.289 e. The van der Waals surface area contributed by atoms with Gasteiger partial charge in [0, 0.05) is 39.8 Å². The van der Waals surface area contributed by atoms with Gasteiger partial charge in [-0.1, -0.05) is 6.07 Å². The van der Waals surface area contributed by atoms with Crippen LogP contribution in [0.25, 0.3) is 0 Å². The number of rotatable bonds is 4. The number of furan rings is 1. The number of ether oxygens (including phenoxy) is 1. The summed E-state index contributed by atoms with van der Waals surface area (Å²) in [5.74, 6) is 1.95. The third-order valence-electron chi connectivity index (χ3n) is 4.48. The van der Waals surface area contributed by atoms with Crippen molar-refractivity contribution in [3.63, 3.8) is 0 Å². The number of hydrogen-bond acceptors (Lipinski definition) is 4. The standard InChI is InChI=1S/C19H23BrN4O3/c1-21-19(22-13-14-5-6-16(26-2)15(20)12-14)24-9-7-23(8-10-24)18(25)17-4-3-11-27-17/h3-6,11-12H,7-10,13H2,1-2H3,(H,21,22). The Morgan fingerprint density at radius 2 is 2.00 bits per heavy atom. The highest BCUT2D eigenvalue weighted by Gasteiger charge is 2.25. The van der Waals surface area contributed by atoms with Crippen molar-refractivity contribution >= 4 is 27.8 Å². The van der Waals surface area contributed by atoms with E-state index in [0.29, 0.717) is 25.4 Å². The highest BCUT2D eigenvalue weighted by molar-refractivity contribution is 9.10. The van der Waals surface area contributed by atoms with Crippen molar-refractivity contribution in [3.8, 4) is 5.75 Å². The molecule has 8 heteroatoms. The summed E-state index contributed by atoms with van der Waals surface area (Å²) in [5, 5.41) is 3.38. The average molecular weight is 435 g/mol. The summed E-state index contributed by atoms with van der Waals surface area (Å²) in [6.45, 7) is 3.36. The molecule has 27 heavy (non-hydrogen) atoms. The summed E-state index contributed by atoms with van der Waals surface area (Å²) >= 11 is 3.51. The fourth-order valence-corrected chi connectivity index (χ4v) is 3.60. The third kappa shape index (κ3) is 4.63. The first-order chi connectivity index (χ1) is 13.1. The van der Waals surface area contributed by atoms with Crippen molar-refractivity contribution in [2.24, 2.45) is 4.99 Å². The van der Waals surface area contributed by atoms with Gasteiger partial charge in [-0.25, -0.2) is 0 Å². The number of carbonyl (C=O) groups is 1. The molecule has 0 atom stereocenters. The van der Waals surface area contributed by atoms with E-state index in [1.54, 1.807) is 26.3 Å². The van der Waals surface area contributed by atoms with Gasteiger partial charge < -0.3 is 24.3 Å². The van der Waals surface area contributed by atoms with E-state index in [4.69, 9.17) is 9.15 Å². The number of guanidine groups is 1. The molecule has 2 heterocycles. The Balaban J connectivity index is 1.53. The predicted octanol–water partition coefficient (Wildman–Crippen LogP) is 2.58. The van der Waals surface area contributed by atoms with Crippen LogP contribution < -0.4 is 10.1 Å². The number of amides is 1. The zero-order valence-electron chi connectivity index (χ0n) is 15.4. The molecule has 1 amide bonds. The van der Waals surface area contributed by atoms with E-state index in [1.165, 1.54) is 6.26 Å². The molecule has 1 aliphatic rings. The zero-order chi connectivity index (χ0) is 19.2. The van der Waals surface area contributed by atoms with Crippen molar-refractivity contribution < 1.29 is 13.9 Å². The highest BCUT2D eigenvalue weighted by atomic mass is 79.9. The number of hydrogen-bond donors (Lipinski definition) is 1. The Hall–Kier alpha value is -2.48. The molecule has 0 saturated carbocycles. The van der Waals surface area contributed by atoms with Crippen LogP contribution >= 0.6 is 15.9 Å². The largest absolute Gasteiger partial charge is 0.496 e. The van der Waals surface area contributed by atoms with Gasteiger partial charge in [0.2, 0.25) is 0 Å². The molecule has 0 radical (unpaired) electrons. The number of benzene rings is 1. The first-order valence-corrected chi connectivity index (χ1v) is 9.52. The molecule has 1 aromatic carbocycles. The Kier molecular flexibility index (Phi) is 6.39. The summed E-state index contributed by atoms with van der Waals surface area (Å²) in [7, 11) is 3.42. The maximum atomic E-state index is 12.4. The number of halogens is 1. The average Bonchev–Trinajstić information content (AvgIpc) is 3.23. The highest BCUT2D eigenvalue weighted by Crippen LogP contribution is 2.25. The fraction of sp³-hybridized carbons (Fsp3) is 0.368. The molecule has 1 fully saturated rings. The maximum absolute atomic E-state index is 12.4. The summed E-state index contributed by atoms with van der Waals surface area (Å²) in [5.41, 5.74) is 1.12. The number of piperazine rings is 1. The van der Waals surface area contributed by atoms with Gasteiger partial charge in [-0.3, -0.25) is 9.79 Å². The molecule has 144 valence electrons. The van der Waals surface area contributed by atoms with Gasteiger partial charge in [0.15, 0.2) is 11.7 Å². The molecule has 0 unspecified atom stereocenters. The minimum atomic E-state index is -0.0642. The predicted molar refractivity (Wildman–Crippen MR) is 107 cm³/mol. The molecule has 1 N–H and O–H groups in total. The Bertz CT molecular complexity index is 799. The molecule has 3 rings (SSSR count). The van der Waals surface area contributed by atoms with Crippen LogP contribution in [0.5, 0.6) is 5.75 Å². The van der Waals surface area contributed by atoms with Crippen LogP contribution in [0.2, 0.25) is 0 Å². The summed E-state index contributed by atoms with van der Waals surface area (Å²) in [6.07, 6.45) is 1.52. The monoisotopic (exact) mass is 434 g/mol. The molecule has 0 spiro atoms. The van der Waals surface area contributed by atoms with E-state index < -0.39 is 0 Å². The second kappa shape index (κ2) is 8.94. The maximum Gasteiger partial charge on any atom is 0.289 e. The number of nitrogens with zero attached hydrogens (tertiary/aromatic N) is 3. The molecular weight excluding hydrogens is 412 g/mol. The van der Waals surface area contributed by atoms with Crippen LogP contribution in [-0.2, 0) is 6.54 Å². The van der Waals surface area contributed by atoms with Gasteiger partial charge in [-0.2, -0.15) is 0 Å². The Morgan fingerprint density at radius 3 is 2.59 bits per heavy atom. The van der Waals surface area contributed by atoms with Crippen molar-refractivity contribution in [1.29, 1.82) is 0 Å². The van der Waals surface area contributed by atoms with Crippen LogP contribution in [0.3, 0.4) is 0 Å². The van der Waals surface area contributed by atoms with Crippen LogP contribution in [-0.4, -0.2) is 62.0 Å². The Morgan fingerprint density at radius 1 is 1.26 bits per heavy atom. The minimum Gasteiger partial charge on any atom is -0.496 e. The van der Waals surface area contributed by atoms with Crippen molar-refractivity contribution in [1.82, 2.24) is 15.1 Å². The van der Waals surface area contributed by atoms with Crippen LogP contribution in [0.15, 0.2) is 50.5 Å². The molecule has 0 aliphatic carbocycles. The van der Waals surface area contributed by atoms with Gasteiger partial charge in [-0.05, 0) is 45.8 Å². The molecule has 1 aromatic heterocycles. The number of nitrogens with one attached hydrogen (secondary N) is 1. The lowest BCUT2D eigenvalue weighted by Crippen LogP contribution is -2.53. The second-order valence-electron chi connectivity index (χ2n) is 6.13. The molecule has 7 nitrogen and oxygen atoms in total. The van der Waals surface area contributed by atoms with E-state index in [1.807, 2.05) is 23.1 Å². The van der Waals surface area contributed by atoms with Crippen molar-refractivity contribution in [2.75, 3.05) is 40.3 Å². The van der Waals surface area contributed by atoms with Crippen molar-refractivity contribution in [3.05, 3.63) is 52.4 Å². The molecule has 2 aromatic rings. The third-order valence-corrected chi connectivity index (χ3v) is 5.10. The topological polar surface area (TPSA) is 70.3 Å². The number of methoxy groups -OCH3 is 1. The van der Waals surface area contributed by atoms with Crippen LogP contribution in [0.4, 0.5) is 0 Å². The van der Waals surface area contributed by atoms with E-state index >= 15 is 0 Å². The first-order valence-electron chi connectivity index (χ1n) is 8.73. The molecule has 1 saturated heterocycles. The van der Waals surface area contributed by atoms with E-state index in [-0.39, 0.29) is 5.91 Å². The fourth-order valence-electron chi connectivity index (χ4n) is 3.01. The summed E-state index contributed by atoms with van der Waals surface area (Å²) in [6, 6.07) is 9.40. The van der Waals surface area contributed by atoms with Gasteiger partial charge in [0.25, 0.3) is 5.91 Å². The lowest BCUT2D eigenvalue weighted by atomic mass is 10.2. The molecular formula is C19H23BrN4O3. The summed E-state index contributed by atoms with van der Waals surface area (Å²) in [4.78, 5) is 20.7. The van der Waals surface area contributed by atoms with Crippen LogP contribution in [0.1, 0.15) is 16.1 Å². The van der Waals surface area contributed by atoms with Gasteiger partial charge in [0.05, 0.1) is 17.8 Å². The SMILES string of the molecule is CN=C(NCc1ccc(OC)c(Br)c1)N1CCN(C(=O)c2ccco2)CC1. The summed E-state index contributed by atoms with van der Waals surface area (Å²) < 4.78 is 11.4. The molecule has 1 aliphatic heterocycles. The number of carbonyl (C=O) groups excluding carboxylic acids is 1. The quantitative estimate of drug-likeness (QED) is 0.591. The van der Waals surface area contributed by atoms with Crippen LogP contribution in [0, 0.1) is 0 Å². The van der Waals surface area contributed by atoms with E-state index in [9.17, 15) is 4.79 Å². The second-order valence-corrected chi connectivity index (χ2v) is 6.98. The van der Waals surface area contributed by atoms with Gasteiger partial charge in [-0.15, -0.1) is 0 Å². The number of aliphatic imine (C=N–C) groups is 1. The Labute approximate surface area is 167 Å². The lowest BCUT2D eigenvalue weighted by molar-refractivity contribution is 0.0657. The van der Waals surface area contributed by atoms with Gasteiger partial charge in [0.1, 0.15) is 5.75 Å².